The number of para-hydroxylation sites is 1. The van der Waals surface area contributed by atoms with Crippen LogP contribution in [0.1, 0.15) is 24.1 Å². The second kappa shape index (κ2) is 6.76. The van der Waals surface area contributed by atoms with Crippen LogP contribution in [0, 0.1) is 22.7 Å². The zero-order chi connectivity index (χ0) is 16.1. The van der Waals surface area contributed by atoms with E-state index in [-0.39, 0.29) is 6.04 Å². The van der Waals surface area contributed by atoms with Crippen molar-refractivity contribution in [2.75, 3.05) is 23.3 Å². The van der Waals surface area contributed by atoms with Gasteiger partial charge in [-0.3, -0.25) is 0 Å². The largest absolute Gasteiger partial charge is 0.368 e. The van der Waals surface area contributed by atoms with Crippen LogP contribution in [0.5, 0.6) is 0 Å². The lowest BCUT2D eigenvalue weighted by Crippen LogP contribution is -2.42. The van der Waals surface area contributed by atoms with E-state index >= 15 is 0 Å². The zero-order valence-corrected chi connectivity index (χ0v) is 12.6. The third-order valence-corrected chi connectivity index (χ3v) is 3.90. The molecule has 2 heterocycles. The Balaban J connectivity index is 1.71. The first kappa shape index (κ1) is 14.8. The summed E-state index contributed by atoms with van der Waals surface area (Å²) in [5.41, 5.74) is 1.99. The molecule has 1 aromatic heterocycles. The van der Waals surface area contributed by atoms with Crippen LogP contribution in [0.25, 0.3) is 0 Å². The third-order valence-electron chi connectivity index (χ3n) is 3.90. The van der Waals surface area contributed by atoms with E-state index in [9.17, 15) is 5.26 Å². The highest BCUT2D eigenvalue weighted by Crippen LogP contribution is 2.24. The maximum atomic E-state index is 9.26. The zero-order valence-electron chi connectivity index (χ0n) is 12.6. The number of aromatic nitrogens is 2. The van der Waals surface area contributed by atoms with Gasteiger partial charge in [0.1, 0.15) is 18.0 Å². The summed E-state index contributed by atoms with van der Waals surface area (Å²) in [6, 6.07) is 12.1. The molecule has 6 nitrogen and oxygen atoms in total. The van der Waals surface area contributed by atoms with Crippen LogP contribution in [-0.4, -0.2) is 29.1 Å². The number of nitriles is 2. The van der Waals surface area contributed by atoms with Crippen LogP contribution >= 0.6 is 0 Å². The maximum Gasteiger partial charge on any atom is 0.158 e. The van der Waals surface area contributed by atoms with Crippen LogP contribution in [-0.2, 0) is 0 Å². The van der Waals surface area contributed by atoms with Gasteiger partial charge in [-0.2, -0.15) is 10.5 Å². The molecule has 0 saturated carbocycles. The fraction of sp³-hybridized carbons (Fsp3) is 0.294. The number of nitrogens with zero attached hydrogens (tertiary/aromatic N) is 5. The molecule has 1 saturated heterocycles. The Morgan fingerprint density at radius 1 is 1.13 bits per heavy atom. The average molecular weight is 304 g/mol. The molecule has 1 N–H and O–H groups in total. The number of hydrogen-bond donors (Lipinski definition) is 1. The molecule has 114 valence electrons. The number of anilines is 2. The minimum Gasteiger partial charge on any atom is -0.368 e. The maximum absolute atomic E-state index is 9.26. The van der Waals surface area contributed by atoms with Crippen molar-refractivity contribution in [1.29, 1.82) is 10.5 Å². The van der Waals surface area contributed by atoms with Gasteiger partial charge >= 0.3 is 0 Å². The molecule has 0 aliphatic carbocycles. The van der Waals surface area contributed by atoms with Crippen LogP contribution in [0.2, 0.25) is 0 Å². The van der Waals surface area contributed by atoms with E-state index in [0.29, 0.717) is 17.1 Å². The number of piperidine rings is 1. The summed E-state index contributed by atoms with van der Waals surface area (Å²) < 4.78 is 0. The van der Waals surface area contributed by atoms with E-state index in [4.69, 9.17) is 5.26 Å². The van der Waals surface area contributed by atoms with E-state index in [1.807, 2.05) is 30.3 Å². The Morgan fingerprint density at radius 3 is 2.74 bits per heavy atom. The molecule has 1 fully saturated rings. The molecular formula is C17H16N6. The van der Waals surface area contributed by atoms with E-state index in [2.05, 4.69) is 26.3 Å². The number of benzene rings is 1. The Labute approximate surface area is 135 Å². The summed E-state index contributed by atoms with van der Waals surface area (Å²) in [7, 11) is 0. The van der Waals surface area contributed by atoms with Crippen molar-refractivity contribution in [1.82, 2.24) is 9.97 Å². The van der Waals surface area contributed by atoms with Gasteiger partial charge in [0, 0.05) is 19.1 Å². The van der Waals surface area contributed by atoms with Gasteiger partial charge in [-0.25, -0.2) is 9.97 Å². The Hall–Kier alpha value is -3.12. The second-order valence-corrected chi connectivity index (χ2v) is 5.46. The number of nitrogens with one attached hydrogen (secondary N) is 1. The third kappa shape index (κ3) is 3.38. The summed E-state index contributed by atoms with van der Waals surface area (Å²) in [6.07, 6.45) is 5.13. The van der Waals surface area contributed by atoms with E-state index < -0.39 is 0 Å². The Kier molecular flexibility index (Phi) is 4.35. The summed E-state index contributed by atoms with van der Waals surface area (Å²) >= 11 is 0. The molecule has 23 heavy (non-hydrogen) atoms. The van der Waals surface area contributed by atoms with Gasteiger partial charge < -0.3 is 10.2 Å². The summed E-state index contributed by atoms with van der Waals surface area (Å²) in [4.78, 5) is 10.5. The molecule has 1 aliphatic rings. The minimum absolute atomic E-state index is 0.234. The van der Waals surface area contributed by atoms with Crippen molar-refractivity contribution in [3.63, 3.8) is 0 Å². The van der Waals surface area contributed by atoms with Crippen molar-refractivity contribution in [3.8, 4) is 12.1 Å². The van der Waals surface area contributed by atoms with E-state index in [0.717, 1.165) is 31.6 Å². The quantitative estimate of drug-likeness (QED) is 0.936. The van der Waals surface area contributed by atoms with Crippen molar-refractivity contribution in [2.45, 2.75) is 18.9 Å². The first-order valence-corrected chi connectivity index (χ1v) is 7.53. The molecule has 3 rings (SSSR count). The van der Waals surface area contributed by atoms with E-state index in [1.54, 1.807) is 6.20 Å². The fourth-order valence-electron chi connectivity index (χ4n) is 2.83. The van der Waals surface area contributed by atoms with Crippen molar-refractivity contribution in [2.24, 2.45) is 0 Å². The number of rotatable bonds is 3. The molecule has 6 heteroatoms. The van der Waals surface area contributed by atoms with Crippen molar-refractivity contribution in [3.05, 3.63) is 47.9 Å². The summed E-state index contributed by atoms with van der Waals surface area (Å²) in [5.74, 6) is 0.671. The topological polar surface area (TPSA) is 88.6 Å². The minimum atomic E-state index is 0.234. The lowest BCUT2D eigenvalue weighted by Gasteiger charge is -2.35. The molecule has 1 unspecified atom stereocenters. The van der Waals surface area contributed by atoms with Crippen molar-refractivity contribution < 1.29 is 0 Å². The molecule has 1 atom stereocenters. The van der Waals surface area contributed by atoms with Crippen LogP contribution in [0.15, 0.2) is 36.7 Å². The van der Waals surface area contributed by atoms with Gasteiger partial charge in [0.2, 0.25) is 0 Å². The first-order valence-electron chi connectivity index (χ1n) is 7.53. The van der Waals surface area contributed by atoms with Crippen LogP contribution in [0.3, 0.4) is 0 Å². The molecule has 1 aliphatic heterocycles. The summed E-state index contributed by atoms with van der Waals surface area (Å²) in [5, 5.41) is 21.4. The predicted octanol–water partition coefficient (Wildman–Crippen LogP) is 2.30. The highest BCUT2D eigenvalue weighted by atomic mass is 15.2. The standard InChI is InChI=1S/C17H16N6/c18-8-13-4-1-2-6-16(13)23-7-3-5-14(12-23)22-17-11-20-15(9-19)10-21-17/h1-2,4,6,10-11,14H,3,5,7,12H2,(H,21,22). The normalized spacial score (nSPS) is 17.1. The van der Waals surface area contributed by atoms with Gasteiger partial charge in [0.05, 0.1) is 23.6 Å². The molecule has 0 amide bonds. The Morgan fingerprint density at radius 2 is 2.00 bits per heavy atom. The van der Waals surface area contributed by atoms with Gasteiger partial charge in [-0.05, 0) is 25.0 Å². The van der Waals surface area contributed by atoms with Crippen molar-refractivity contribution >= 4 is 11.5 Å². The molecule has 2 aromatic rings. The van der Waals surface area contributed by atoms with Gasteiger partial charge in [0.25, 0.3) is 0 Å². The SMILES string of the molecule is N#Cc1cnc(NC2CCCN(c3ccccc3C#N)C2)cn1. The van der Waals surface area contributed by atoms with Crippen LogP contribution in [0.4, 0.5) is 11.5 Å². The molecule has 1 aromatic carbocycles. The smallest absolute Gasteiger partial charge is 0.158 e. The molecule has 0 radical (unpaired) electrons. The highest BCUT2D eigenvalue weighted by molar-refractivity contribution is 5.59. The first-order chi connectivity index (χ1) is 11.3. The van der Waals surface area contributed by atoms with Gasteiger partial charge in [0.15, 0.2) is 5.69 Å². The van der Waals surface area contributed by atoms with Gasteiger partial charge in [-0.15, -0.1) is 0 Å². The Bertz CT molecular complexity index is 756. The molecule has 0 bridgehead atoms. The highest BCUT2D eigenvalue weighted by Gasteiger charge is 2.22. The monoisotopic (exact) mass is 304 g/mol. The number of hydrogen-bond acceptors (Lipinski definition) is 6. The van der Waals surface area contributed by atoms with Crippen LogP contribution < -0.4 is 10.2 Å². The molecular weight excluding hydrogens is 288 g/mol. The summed E-state index contributed by atoms with van der Waals surface area (Å²) in [6.45, 7) is 1.75. The van der Waals surface area contributed by atoms with E-state index in [1.165, 1.54) is 6.20 Å². The lowest BCUT2D eigenvalue weighted by atomic mass is 10.0. The average Bonchev–Trinajstić information content (AvgIpc) is 2.62. The fourth-order valence-corrected chi connectivity index (χ4v) is 2.83. The van der Waals surface area contributed by atoms with Gasteiger partial charge in [-0.1, -0.05) is 12.1 Å². The lowest BCUT2D eigenvalue weighted by molar-refractivity contribution is 0.528. The second-order valence-electron chi connectivity index (χ2n) is 5.46. The predicted molar refractivity (Wildman–Crippen MR) is 86.8 cm³/mol. The molecule has 0 spiro atoms.